The van der Waals surface area contributed by atoms with E-state index < -0.39 is 5.91 Å². The van der Waals surface area contributed by atoms with Crippen molar-refractivity contribution in [3.63, 3.8) is 0 Å². The van der Waals surface area contributed by atoms with E-state index >= 15 is 0 Å². The molecule has 0 unspecified atom stereocenters. The van der Waals surface area contributed by atoms with Crippen LogP contribution in [0.3, 0.4) is 0 Å². The van der Waals surface area contributed by atoms with Crippen LogP contribution in [0.1, 0.15) is 46.2 Å². The summed E-state index contributed by atoms with van der Waals surface area (Å²) in [7, 11) is 0. The Morgan fingerprint density at radius 2 is 2.08 bits per heavy atom. The van der Waals surface area contributed by atoms with E-state index in [0.29, 0.717) is 17.3 Å². The number of nitrogens with zero attached hydrogens (tertiary/aromatic N) is 1. The lowest BCUT2D eigenvalue weighted by molar-refractivity contribution is 0.0920. The standard InChI is InChI=1S/C17H18ClN3O3/c1-2-3-8-19-16(22)14-7-6-12(18)10-15(14)17(23)21-20-11-13-5-4-9-24-13/h4-7,9-11H,2-3,8H2,1H3,(H,19,22)(H,21,23)/b20-11+. The molecule has 0 atom stereocenters. The molecule has 0 aliphatic carbocycles. The molecule has 0 spiro atoms. The van der Waals surface area contributed by atoms with E-state index in [0.717, 1.165) is 12.8 Å². The molecule has 7 heteroatoms. The molecule has 0 aliphatic rings. The van der Waals surface area contributed by atoms with Gasteiger partial charge in [-0.1, -0.05) is 24.9 Å². The second-order valence-corrected chi connectivity index (χ2v) is 5.45. The van der Waals surface area contributed by atoms with Gasteiger partial charge >= 0.3 is 0 Å². The molecule has 24 heavy (non-hydrogen) atoms. The van der Waals surface area contributed by atoms with Crippen molar-refractivity contribution in [3.05, 3.63) is 58.5 Å². The molecule has 2 rings (SSSR count). The van der Waals surface area contributed by atoms with Gasteiger partial charge in [0.2, 0.25) is 0 Å². The molecular formula is C17H18ClN3O3. The Kier molecular flexibility index (Phi) is 6.57. The minimum atomic E-state index is -0.527. The Morgan fingerprint density at radius 3 is 2.79 bits per heavy atom. The largest absolute Gasteiger partial charge is 0.463 e. The number of carbonyl (C=O) groups is 2. The van der Waals surface area contributed by atoms with Crippen molar-refractivity contribution in [2.45, 2.75) is 19.8 Å². The van der Waals surface area contributed by atoms with Crippen LogP contribution < -0.4 is 10.7 Å². The first-order chi connectivity index (χ1) is 11.6. The third-order valence-electron chi connectivity index (χ3n) is 3.19. The number of carbonyl (C=O) groups excluding carboxylic acids is 2. The van der Waals surface area contributed by atoms with Gasteiger partial charge in [0.25, 0.3) is 11.8 Å². The molecule has 126 valence electrons. The van der Waals surface area contributed by atoms with E-state index in [9.17, 15) is 9.59 Å². The second kappa shape index (κ2) is 8.88. The van der Waals surface area contributed by atoms with Gasteiger partial charge in [-0.15, -0.1) is 0 Å². The fourth-order valence-electron chi connectivity index (χ4n) is 1.96. The van der Waals surface area contributed by atoms with Gasteiger partial charge in [0.15, 0.2) is 0 Å². The Labute approximate surface area is 144 Å². The van der Waals surface area contributed by atoms with Crippen molar-refractivity contribution in [3.8, 4) is 0 Å². The van der Waals surface area contributed by atoms with Crippen LogP contribution in [0.2, 0.25) is 5.02 Å². The third kappa shape index (κ3) is 4.96. The summed E-state index contributed by atoms with van der Waals surface area (Å²) in [6.07, 6.45) is 4.70. The molecule has 1 heterocycles. The minimum Gasteiger partial charge on any atom is -0.463 e. The highest BCUT2D eigenvalue weighted by Crippen LogP contribution is 2.16. The number of amides is 2. The topological polar surface area (TPSA) is 83.7 Å². The lowest BCUT2D eigenvalue weighted by Gasteiger charge is -2.09. The summed E-state index contributed by atoms with van der Waals surface area (Å²) in [5.74, 6) is -0.347. The van der Waals surface area contributed by atoms with Crippen molar-refractivity contribution in [1.82, 2.24) is 10.7 Å². The van der Waals surface area contributed by atoms with E-state index in [1.807, 2.05) is 6.92 Å². The summed E-state index contributed by atoms with van der Waals surface area (Å²) in [4.78, 5) is 24.5. The molecule has 2 N–H and O–H groups in total. The third-order valence-corrected chi connectivity index (χ3v) is 3.42. The molecule has 1 aromatic carbocycles. The molecule has 0 bridgehead atoms. The summed E-state index contributed by atoms with van der Waals surface area (Å²) in [5.41, 5.74) is 2.77. The lowest BCUT2D eigenvalue weighted by Crippen LogP contribution is -2.28. The molecule has 1 aromatic heterocycles. The number of rotatable bonds is 7. The summed E-state index contributed by atoms with van der Waals surface area (Å²) in [5, 5.41) is 6.94. The van der Waals surface area contributed by atoms with Crippen LogP contribution in [0, 0.1) is 0 Å². The van der Waals surface area contributed by atoms with Crippen LogP contribution in [-0.2, 0) is 0 Å². The molecule has 0 radical (unpaired) electrons. The van der Waals surface area contributed by atoms with Crippen molar-refractivity contribution in [2.75, 3.05) is 6.54 Å². The number of unbranched alkanes of at least 4 members (excludes halogenated alkanes) is 1. The fourth-order valence-corrected chi connectivity index (χ4v) is 2.13. The average molecular weight is 348 g/mol. The molecular weight excluding hydrogens is 330 g/mol. The van der Waals surface area contributed by atoms with Crippen LogP contribution in [0.4, 0.5) is 0 Å². The molecule has 2 aromatic rings. The van der Waals surface area contributed by atoms with Crippen LogP contribution in [0.15, 0.2) is 46.1 Å². The minimum absolute atomic E-state index is 0.160. The molecule has 2 amide bonds. The zero-order valence-electron chi connectivity index (χ0n) is 13.2. The molecule has 0 saturated carbocycles. The average Bonchev–Trinajstić information content (AvgIpc) is 3.08. The van der Waals surface area contributed by atoms with Crippen LogP contribution >= 0.6 is 11.6 Å². The number of furan rings is 1. The first-order valence-corrected chi connectivity index (χ1v) is 7.94. The van der Waals surface area contributed by atoms with E-state index in [1.165, 1.54) is 24.6 Å². The van der Waals surface area contributed by atoms with Crippen molar-refractivity contribution in [1.29, 1.82) is 0 Å². The number of nitrogens with one attached hydrogen (secondary N) is 2. The van der Waals surface area contributed by atoms with Gasteiger partial charge in [-0.2, -0.15) is 5.10 Å². The summed E-state index contributed by atoms with van der Waals surface area (Å²) in [6.45, 7) is 2.58. The molecule has 0 fully saturated rings. The smallest absolute Gasteiger partial charge is 0.272 e. The molecule has 6 nitrogen and oxygen atoms in total. The van der Waals surface area contributed by atoms with E-state index in [1.54, 1.807) is 18.2 Å². The maximum absolute atomic E-state index is 12.3. The fraction of sp³-hybridized carbons (Fsp3) is 0.235. The number of hydrogen-bond donors (Lipinski definition) is 2. The quantitative estimate of drug-likeness (QED) is 0.458. The van der Waals surface area contributed by atoms with E-state index in [4.69, 9.17) is 16.0 Å². The molecule has 0 aliphatic heterocycles. The first-order valence-electron chi connectivity index (χ1n) is 7.56. The lowest BCUT2D eigenvalue weighted by atomic mass is 10.1. The van der Waals surface area contributed by atoms with Gasteiger partial charge in [0.1, 0.15) is 5.76 Å². The Balaban J connectivity index is 2.10. The first kappa shape index (κ1) is 17.7. The highest BCUT2D eigenvalue weighted by atomic mass is 35.5. The van der Waals surface area contributed by atoms with Gasteiger partial charge in [-0.05, 0) is 36.8 Å². The maximum Gasteiger partial charge on any atom is 0.272 e. The summed E-state index contributed by atoms with van der Waals surface area (Å²) in [6, 6.07) is 7.93. The van der Waals surface area contributed by atoms with Crippen LogP contribution in [0.5, 0.6) is 0 Å². The summed E-state index contributed by atoms with van der Waals surface area (Å²) >= 11 is 5.94. The highest BCUT2D eigenvalue weighted by Gasteiger charge is 2.17. The monoisotopic (exact) mass is 347 g/mol. The zero-order chi connectivity index (χ0) is 17.4. The Hall–Kier alpha value is -2.60. The second-order valence-electron chi connectivity index (χ2n) is 5.01. The predicted octanol–water partition coefficient (Wildman–Crippen LogP) is 3.23. The van der Waals surface area contributed by atoms with Crippen molar-refractivity contribution >= 4 is 29.6 Å². The molecule has 0 saturated heterocycles. The Bertz CT molecular complexity index is 727. The zero-order valence-corrected chi connectivity index (χ0v) is 14.0. The van der Waals surface area contributed by atoms with Gasteiger partial charge in [-0.25, -0.2) is 5.43 Å². The van der Waals surface area contributed by atoms with E-state index in [-0.39, 0.29) is 17.0 Å². The number of hydrogen-bond acceptors (Lipinski definition) is 4. The van der Waals surface area contributed by atoms with Gasteiger partial charge in [-0.3, -0.25) is 9.59 Å². The van der Waals surface area contributed by atoms with Crippen LogP contribution in [0.25, 0.3) is 0 Å². The van der Waals surface area contributed by atoms with Crippen molar-refractivity contribution < 1.29 is 14.0 Å². The van der Waals surface area contributed by atoms with Gasteiger partial charge in [0, 0.05) is 11.6 Å². The van der Waals surface area contributed by atoms with Gasteiger partial charge in [0.05, 0.1) is 23.6 Å². The number of benzene rings is 1. The normalized spacial score (nSPS) is 10.8. The van der Waals surface area contributed by atoms with Gasteiger partial charge < -0.3 is 9.73 Å². The SMILES string of the molecule is CCCCNC(=O)c1ccc(Cl)cc1C(=O)N/N=C/c1ccco1. The van der Waals surface area contributed by atoms with E-state index in [2.05, 4.69) is 15.8 Å². The predicted molar refractivity (Wildman–Crippen MR) is 92.5 cm³/mol. The highest BCUT2D eigenvalue weighted by molar-refractivity contribution is 6.31. The summed E-state index contributed by atoms with van der Waals surface area (Å²) < 4.78 is 5.07. The number of halogens is 1. The maximum atomic E-state index is 12.3. The van der Waals surface area contributed by atoms with Crippen LogP contribution in [-0.4, -0.2) is 24.6 Å². The number of hydrazone groups is 1. The Morgan fingerprint density at radius 1 is 1.25 bits per heavy atom. The van der Waals surface area contributed by atoms with Crippen molar-refractivity contribution in [2.24, 2.45) is 5.10 Å².